The number of esters is 1. The Labute approximate surface area is 114 Å². The topological polar surface area (TPSA) is 44.1 Å². The Balaban J connectivity index is 1.72. The molecule has 3 rings (SSSR count). The maximum atomic E-state index is 11.5. The molecule has 1 aliphatic heterocycles. The lowest BCUT2D eigenvalue weighted by atomic mass is 9.77. The van der Waals surface area contributed by atoms with Gasteiger partial charge in [-0.25, -0.2) is 9.78 Å². The maximum Gasteiger partial charge on any atom is 0.358 e. The second-order valence-corrected chi connectivity index (χ2v) is 5.88. The maximum absolute atomic E-state index is 11.5. The molecule has 0 bridgehead atoms. The molecule has 4 nitrogen and oxygen atoms in total. The van der Waals surface area contributed by atoms with Crippen LogP contribution in [0.1, 0.15) is 54.8 Å². The molecule has 0 radical (unpaired) electrons. The summed E-state index contributed by atoms with van der Waals surface area (Å²) < 4.78 is 6.92. The second-order valence-electron chi connectivity index (χ2n) is 5.88. The van der Waals surface area contributed by atoms with Crippen molar-refractivity contribution in [3.05, 3.63) is 17.7 Å². The number of hydrogen-bond donors (Lipinski definition) is 0. The van der Waals surface area contributed by atoms with E-state index in [-0.39, 0.29) is 5.97 Å². The van der Waals surface area contributed by atoms with E-state index < -0.39 is 0 Å². The van der Waals surface area contributed by atoms with E-state index in [1.165, 1.54) is 45.6 Å². The predicted octanol–water partition coefficient (Wildman–Crippen LogP) is 2.81. The van der Waals surface area contributed by atoms with Gasteiger partial charge in [0.05, 0.1) is 7.11 Å². The molecule has 104 valence electrons. The summed E-state index contributed by atoms with van der Waals surface area (Å²) in [6, 6.07) is 0. The zero-order valence-corrected chi connectivity index (χ0v) is 11.6. The Morgan fingerprint density at radius 2 is 2.05 bits per heavy atom. The number of aryl methyl sites for hydroxylation is 1. The molecule has 1 fully saturated rings. The van der Waals surface area contributed by atoms with E-state index in [2.05, 4.69) is 9.55 Å². The van der Waals surface area contributed by atoms with E-state index >= 15 is 0 Å². The summed E-state index contributed by atoms with van der Waals surface area (Å²) in [6.45, 7) is 1.03. The normalized spacial score (nSPS) is 23.9. The van der Waals surface area contributed by atoms with Gasteiger partial charge in [0.25, 0.3) is 0 Å². The van der Waals surface area contributed by atoms with Crippen LogP contribution in [0.2, 0.25) is 0 Å². The number of rotatable bonds is 2. The largest absolute Gasteiger partial charge is 0.464 e. The number of carbonyl (C=O) groups excluding carboxylic acids is 1. The van der Waals surface area contributed by atoms with Crippen molar-refractivity contribution in [1.29, 1.82) is 0 Å². The fraction of sp³-hybridized carbons (Fsp3) is 0.733. The molecule has 19 heavy (non-hydrogen) atoms. The summed E-state index contributed by atoms with van der Waals surface area (Å²) in [6.07, 6.45) is 11.1. The van der Waals surface area contributed by atoms with Crippen LogP contribution < -0.4 is 0 Å². The van der Waals surface area contributed by atoms with Crippen molar-refractivity contribution in [2.24, 2.45) is 11.8 Å². The molecule has 0 amide bonds. The molecule has 0 saturated heterocycles. The molecule has 2 heterocycles. The Morgan fingerprint density at radius 1 is 1.26 bits per heavy atom. The smallest absolute Gasteiger partial charge is 0.358 e. The minimum Gasteiger partial charge on any atom is -0.464 e. The lowest BCUT2D eigenvalue weighted by Crippen LogP contribution is -2.27. The van der Waals surface area contributed by atoms with Crippen molar-refractivity contribution in [2.75, 3.05) is 7.11 Å². The average molecular weight is 262 g/mol. The molecule has 1 saturated carbocycles. The van der Waals surface area contributed by atoms with Crippen LogP contribution in [-0.2, 0) is 17.7 Å². The second kappa shape index (κ2) is 5.35. The summed E-state index contributed by atoms with van der Waals surface area (Å²) in [5.74, 6) is 2.38. The number of carbonyl (C=O) groups is 1. The molecule has 1 aromatic rings. The van der Waals surface area contributed by atoms with Crippen LogP contribution in [0.15, 0.2) is 6.20 Å². The van der Waals surface area contributed by atoms with Gasteiger partial charge in [0, 0.05) is 19.2 Å². The van der Waals surface area contributed by atoms with E-state index in [0.717, 1.165) is 30.6 Å². The van der Waals surface area contributed by atoms with Gasteiger partial charge in [0.15, 0.2) is 5.69 Å². The number of ether oxygens (including phenoxy) is 1. The standard InChI is InChI=1S/C15H22N2O2/c1-19-15(18)13-10-17-9-12(7-8-14(17)16-13)11-5-3-2-4-6-11/h10-12H,2-9H2,1H3/t12-/m0/s1. The number of hydrogen-bond acceptors (Lipinski definition) is 3. The van der Waals surface area contributed by atoms with Gasteiger partial charge in [-0.3, -0.25) is 0 Å². The number of methoxy groups -OCH3 is 1. The Hall–Kier alpha value is -1.32. The third-order valence-electron chi connectivity index (χ3n) is 4.74. The van der Waals surface area contributed by atoms with Gasteiger partial charge in [-0.1, -0.05) is 32.1 Å². The summed E-state index contributed by atoms with van der Waals surface area (Å²) >= 11 is 0. The highest BCUT2D eigenvalue weighted by atomic mass is 16.5. The monoisotopic (exact) mass is 262 g/mol. The lowest BCUT2D eigenvalue weighted by molar-refractivity contribution is 0.0594. The first kappa shape index (κ1) is 12.7. The first-order valence-electron chi connectivity index (χ1n) is 7.42. The van der Waals surface area contributed by atoms with Crippen LogP contribution in [0.5, 0.6) is 0 Å². The summed E-state index contributed by atoms with van der Waals surface area (Å²) in [5.41, 5.74) is 0.460. The molecule has 4 heteroatoms. The molecule has 0 aromatic carbocycles. The number of aromatic nitrogens is 2. The fourth-order valence-corrected chi connectivity index (χ4v) is 3.66. The van der Waals surface area contributed by atoms with Crippen LogP contribution in [0.4, 0.5) is 0 Å². The zero-order valence-electron chi connectivity index (χ0n) is 11.6. The first-order chi connectivity index (χ1) is 9.28. The van der Waals surface area contributed by atoms with Crippen LogP contribution >= 0.6 is 0 Å². The van der Waals surface area contributed by atoms with E-state index in [4.69, 9.17) is 4.74 Å². The summed E-state index contributed by atoms with van der Waals surface area (Å²) in [5, 5.41) is 0. The van der Waals surface area contributed by atoms with E-state index in [9.17, 15) is 4.79 Å². The number of fused-ring (bicyclic) bond motifs is 1. The minimum absolute atomic E-state index is 0.323. The van der Waals surface area contributed by atoms with Gasteiger partial charge >= 0.3 is 5.97 Å². The third kappa shape index (κ3) is 2.53. The van der Waals surface area contributed by atoms with Gasteiger partial charge in [-0.15, -0.1) is 0 Å². The highest BCUT2D eigenvalue weighted by Crippen LogP contribution is 2.35. The highest BCUT2D eigenvalue weighted by molar-refractivity contribution is 5.86. The fourth-order valence-electron chi connectivity index (χ4n) is 3.66. The third-order valence-corrected chi connectivity index (χ3v) is 4.74. The molecular weight excluding hydrogens is 240 g/mol. The molecule has 0 spiro atoms. The van der Waals surface area contributed by atoms with E-state index in [0.29, 0.717) is 5.69 Å². The van der Waals surface area contributed by atoms with Crippen LogP contribution in [0, 0.1) is 11.8 Å². The van der Waals surface area contributed by atoms with Crippen LogP contribution in [-0.4, -0.2) is 22.6 Å². The molecule has 1 aromatic heterocycles. The SMILES string of the molecule is COC(=O)c1cn2c(n1)CC[C@H](C1CCCCC1)C2. The summed E-state index contributed by atoms with van der Waals surface area (Å²) in [7, 11) is 1.41. The number of nitrogens with zero attached hydrogens (tertiary/aromatic N) is 2. The predicted molar refractivity (Wildman–Crippen MR) is 72.0 cm³/mol. The highest BCUT2D eigenvalue weighted by Gasteiger charge is 2.29. The quantitative estimate of drug-likeness (QED) is 0.770. The lowest BCUT2D eigenvalue weighted by Gasteiger charge is -2.33. The molecule has 1 aliphatic carbocycles. The first-order valence-corrected chi connectivity index (χ1v) is 7.42. The van der Waals surface area contributed by atoms with Crippen LogP contribution in [0.25, 0.3) is 0 Å². The van der Waals surface area contributed by atoms with Gasteiger partial charge in [-0.05, 0) is 18.3 Å². The van der Waals surface area contributed by atoms with Gasteiger partial charge in [0.2, 0.25) is 0 Å². The van der Waals surface area contributed by atoms with Gasteiger partial charge in [0.1, 0.15) is 5.82 Å². The molecule has 0 N–H and O–H groups in total. The zero-order chi connectivity index (χ0) is 13.2. The van der Waals surface area contributed by atoms with E-state index in [1.807, 2.05) is 6.20 Å². The van der Waals surface area contributed by atoms with Crippen molar-refractivity contribution in [2.45, 2.75) is 51.5 Å². The van der Waals surface area contributed by atoms with Crippen molar-refractivity contribution < 1.29 is 9.53 Å². The van der Waals surface area contributed by atoms with Crippen molar-refractivity contribution in [3.8, 4) is 0 Å². The van der Waals surface area contributed by atoms with Crippen molar-refractivity contribution in [1.82, 2.24) is 9.55 Å². The Morgan fingerprint density at radius 3 is 2.79 bits per heavy atom. The Bertz CT molecular complexity index is 461. The van der Waals surface area contributed by atoms with Crippen LogP contribution in [0.3, 0.4) is 0 Å². The molecule has 0 unspecified atom stereocenters. The van der Waals surface area contributed by atoms with Crippen molar-refractivity contribution >= 4 is 5.97 Å². The molecule has 1 atom stereocenters. The average Bonchev–Trinajstić information content (AvgIpc) is 2.90. The minimum atomic E-state index is -0.323. The Kier molecular flexibility index (Phi) is 3.58. The summed E-state index contributed by atoms with van der Waals surface area (Å²) in [4.78, 5) is 15.9. The van der Waals surface area contributed by atoms with E-state index in [1.54, 1.807) is 0 Å². The van der Waals surface area contributed by atoms with Gasteiger partial charge < -0.3 is 9.30 Å². The molecular formula is C15H22N2O2. The van der Waals surface area contributed by atoms with Gasteiger partial charge in [-0.2, -0.15) is 0 Å². The van der Waals surface area contributed by atoms with Crippen molar-refractivity contribution in [3.63, 3.8) is 0 Å². The number of imidazole rings is 1. The molecule has 2 aliphatic rings.